The molecule has 0 radical (unpaired) electrons. The predicted octanol–water partition coefficient (Wildman–Crippen LogP) is 6.11. The second-order valence-corrected chi connectivity index (χ2v) is 13.2. The minimum absolute atomic E-state index is 0.384. The first-order chi connectivity index (χ1) is 13.9. The maximum absolute atomic E-state index is 12.7. The molecular weight excluding hydrogens is 429 g/mol. The van der Waals surface area contributed by atoms with E-state index < -0.39 is 23.1 Å². The SMILES string of the molecule is CCOP(=O)(CCCP(CCCP(=O)(OCC)OCC)c1ccccc1)OCC. The van der Waals surface area contributed by atoms with Crippen molar-refractivity contribution in [1.82, 2.24) is 0 Å². The van der Waals surface area contributed by atoms with Crippen LogP contribution in [0.15, 0.2) is 30.3 Å². The van der Waals surface area contributed by atoms with Gasteiger partial charge in [-0.1, -0.05) is 38.3 Å². The van der Waals surface area contributed by atoms with Gasteiger partial charge in [0, 0.05) is 0 Å². The lowest BCUT2D eigenvalue weighted by atomic mass is 10.4. The number of hydrogen-bond acceptors (Lipinski definition) is 6. The Hall–Kier alpha value is -0.0500. The zero-order chi connectivity index (χ0) is 21.6. The van der Waals surface area contributed by atoms with E-state index in [0.717, 1.165) is 25.2 Å². The highest BCUT2D eigenvalue weighted by Crippen LogP contribution is 2.51. The zero-order valence-corrected chi connectivity index (χ0v) is 20.9. The van der Waals surface area contributed by atoms with Gasteiger partial charge in [0.2, 0.25) is 0 Å². The molecule has 0 aliphatic heterocycles. The van der Waals surface area contributed by atoms with Gasteiger partial charge in [0.1, 0.15) is 0 Å². The quantitative estimate of drug-likeness (QED) is 0.258. The van der Waals surface area contributed by atoms with Gasteiger partial charge in [0.05, 0.1) is 38.8 Å². The van der Waals surface area contributed by atoms with E-state index in [1.54, 1.807) is 0 Å². The molecule has 0 N–H and O–H groups in total. The summed E-state index contributed by atoms with van der Waals surface area (Å²) in [6.07, 6.45) is 4.25. The Morgan fingerprint density at radius 2 is 1.07 bits per heavy atom. The summed E-state index contributed by atoms with van der Waals surface area (Å²) in [5, 5.41) is 1.30. The van der Waals surface area contributed by atoms with Crippen LogP contribution in [0.5, 0.6) is 0 Å². The number of rotatable bonds is 17. The van der Waals surface area contributed by atoms with Crippen LogP contribution in [0, 0.1) is 0 Å². The van der Waals surface area contributed by atoms with Crippen LogP contribution in [0.2, 0.25) is 0 Å². The molecule has 0 saturated carbocycles. The zero-order valence-electron chi connectivity index (χ0n) is 18.2. The Morgan fingerprint density at radius 1 is 0.690 bits per heavy atom. The maximum Gasteiger partial charge on any atom is 0.330 e. The van der Waals surface area contributed by atoms with Crippen LogP contribution in [-0.4, -0.2) is 51.1 Å². The van der Waals surface area contributed by atoms with Gasteiger partial charge < -0.3 is 18.1 Å². The summed E-state index contributed by atoms with van der Waals surface area (Å²) in [7, 11) is -6.49. The van der Waals surface area contributed by atoms with Crippen LogP contribution in [-0.2, 0) is 27.2 Å². The third kappa shape index (κ3) is 10.7. The first-order valence-electron chi connectivity index (χ1n) is 10.5. The molecule has 29 heavy (non-hydrogen) atoms. The average Bonchev–Trinajstić information content (AvgIpc) is 2.68. The van der Waals surface area contributed by atoms with Gasteiger partial charge in [0.25, 0.3) is 0 Å². The van der Waals surface area contributed by atoms with Crippen molar-refractivity contribution in [2.45, 2.75) is 40.5 Å². The summed E-state index contributed by atoms with van der Waals surface area (Å²) in [6.45, 7) is 8.86. The highest BCUT2D eigenvalue weighted by molar-refractivity contribution is 7.65. The fourth-order valence-corrected chi connectivity index (χ4v) is 9.28. The minimum Gasteiger partial charge on any atom is -0.309 e. The Labute approximate surface area is 177 Å². The third-order valence-electron chi connectivity index (χ3n) is 4.14. The van der Waals surface area contributed by atoms with E-state index in [1.165, 1.54) is 5.30 Å². The molecule has 0 spiro atoms. The van der Waals surface area contributed by atoms with Crippen molar-refractivity contribution in [2.24, 2.45) is 0 Å². The van der Waals surface area contributed by atoms with Crippen LogP contribution < -0.4 is 5.30 Å². The molecule has 0 aliphatic carbocycles. The Balaban J connectivity index is 2.70. The Kier molecular flexibility index (Phi) is 13.8. The molecule has 0 bridgehead atoms. The molecule has 1 aromatic carbocycles. The van der Waals surface area contributed by atoms with Gasteiger partial charge in [-0.15, -0.1) is 0 Å². The smallest absolute Gasteiger partial charge is 0.309 e. The van der Waals surface area contributed by atoms with Gasteiger partial charge >= 0.3 is 15.2 Å². The van der Waals surface area contributed by atoms with E-state index in [9.17, 15) is 9.13 Å². The fraction of sp³-hybridized carbons (Fsp3) is 0.700. The van der Waals surface area contributed by atoms with Crippen LogP contribution >= 0.6 is 23.1 Å². The van der Waals surface area contributed by atoms with Crippen LogP contribution in [0.4, 0.5) is 0 Å². The highest BCUT2D eigenvalue weighted by atomic mass is 31.2. The van der Waals surface area contributed by atoms with E-state index in [2.05, 4.69) is 12.1 Å². The molecule has 0 fully saturated rings. The van der Waals surface area contributed by atoms with Gasteiger partial charge in [-0.25, -0.2) is 0 Å². The van der Waals surface area contributed by atoms with Crippen LogP contribution in [0.1, 0.15) is 40.5 Å². The second-order valence-electron chi connectivity index (χ2n) is 6.37. The molecule has 0 aromatic heterocycles. The van der Waals surface area contributed by atoms with E-state index in [4.69, 9.17) is 18.1 Å². The molecule has 0 aliphatic rings. The van der Waals surface area contributed by atoms with Crippen molar-refractivity contribution in [3.8, 4) is 0 Å². The summed E-state index contributed by atoms with van der Waals surface area (Å²) in [4.78, 5) is 0. The lowest BCUT2D eigenvalue weighted by Crippen LogP contribution is -2.10. The second kappa shape index (κ2) is 14.9. The molecule has 0 saturated heterocycles. The molecule has 0 unspecified atom stereocenters. The van der Waals surface area contributed by atoms with Crippen molar-refractivity contribution in [2.75, 3.05) is 51.1 Å². The van der Waals surface area contributed by atoms with Gasteiger partial charge in [0.15, 0.2) is 0 Å². The first-order valence-corrected chi connectivity index (χ1v) is 15.6. The van der Waals surface area contributed by atoms with Crippen LogP contribution in [0.3, 0.4) is 0 Å². The van der Waals surface area contributed by atoms with Crippen LogP contribution in [0.25, 0.3) is 0 Å². The number of hydrogen-bond donors (Lipinski definition) is 0. The van der Waals surface area contributed by atoms with Crippen molar-refractivity contribution in [3.05, 3.63) is 30.3 Å². The highest BCUT2D eigenvalue weighted by Gasteiger charge is 2.25. The Bertz CT molecular complexity index is 584. The van der Waals surface area contributed by atoms with Crippen molar-refractivity contribution >= 4 is 28.4 Å². The van der Waals surface area contributed by atoms with E-state index >= 15 is 0 Å². The average molecular weight is 466 g/mol. The first kappa shape index (κ1) is 27.0. The van der Waals surface area contributed by atoms with E-state index in [1.807, 2.05) is 45.9 Å². The summed E-state index contributed by atoms with van der Waals surface area (Å²) in [6, 6.07) is 10.4. The molecule has 0 atom stereocenters. The summed E-state index contributed by atoms with van der Waals surface area (Å²) in [5.41, 5.74) is 0. The largest absolute Gasteiger partial charge is 0.330 e. The lowest BCUT2D eigenvalue weighted by molar-refractivity contribution is 0.219. The van der Waals surface area contributed by atoms with Crippen molar-refractivity contribution < 1.29 is 27.2 Å². The summed E-state index contributed by atoms with van der Waals surface area (Å²) >= 11 is 0. The molecule has 1 rings (SSSR count). The fourth-order valence-electron chi connectivity index (χ4n) is 3.04. The van der Waals surface area contributed by atoms with Crippen molar-refractivity contribution in [3.63, 3.8) is 0 Å². The molecule has 6 nitrogen and oxygen atoms in total. The minimum atomic E-state index is -3.01. The molecule has 0 heterocycles. The molecular formula is C20H37O6P3. The summed E-state index contributed by atoms with van der Waals surface area (Å²) < 4.78 is 47.1. The maximum atomic E-state index is 12.7. The normalized spacial score (nSPS) is 12.6. The molecule has 168 valence electrons. The van der Waals surface area contributed by atoms with E-state index in [-0.39, 0.29) is 0 Å². The number of benzene rings is 1. The topological polar surface area (TPSA) is 71.1 Å². The van der Waals surface area contributed by atoms with Crippen molar-refractivity contribution in [1.29, 1.82) is 0 Å². The molecule has 1 aromatic rings. The molecule has 9 heteroatoms. The Morgan fingerprint density at radius 3 is 1.41 bits per heavy atom. The van der Waals surface area contributed by atoms with Gasteiger partial charge in [-0.05, 0) is 58.2 Å². The van der Waals surface area contributed by atoms with Gasteiger partial charge in [-0.2, -0.15) is 0 Å². The van der Waals surface area contributed by atoms with Gasteiger partial charge in [-0.3, -0.25) is 9.13 Å². The standard InChI is InChI=1S/C20H37O6P3/c1-5-23-28(21,24-6-2)18-12-16-27(20-14-10-9-11-15-20)17-13-19-29(22,25-7-3)26-8-4/h9-11,14-15H,5-8,12-13,16-19H2,1-4H3. The molecule has 0 amide bonds. The predicted molar refractivity (Wildman–Crippen MR) is 123 cm³/mol. The third-order valence-corrected chi connectivity index (χ3v) is 11.2. The summed E-state index contributed by atoms with van der Waals surface area (Å²) in [5.74, 6) is 0. The van der Waals surface area contributed by atoms with E-state index in [0.29, 0.717) is 38.8 Å². The lowest BCUT2D eigenvalue weighted by Gasteiger charge is -2.22. The monoisotopic (exact) mass is 466 g/mol.